The van der Waals surface area contributed by atoms with Crippen molar-refractivity contribution in [3.63, 3.8) is 0 Å². The van der Waals surface area contributed by atoms with Gasteiger partial charge in [0.05, 0.1) is 5.69 Å². The van der Waals surface area contributed by atoms with Gasteiger partial charge in [0.15, 0.2) is 0 Å². The molecule has 0 unspecified atom stereocenters. The second-order valence-corrected chi connectivity index (χ2v) is 8.98. The molecule has 1 heteroatoms. The van der Waals surface area contributed by atoms with Crippen molar-refractivity contribution in [3.8, 4) is 11.1 Å². The van der Waals surface area contributed by atoms with Crippen LogP contribution < -0.4 is 4.90 Å². The van der Waals surface area contributed by atoms with Crippen molar-refractivity contribution >= 4 is 22.5 Å². The summed E-state index contributed by atoms with van der Waals surface area (Å²) in [6.45, 7) is 7.92. The summed E-state index contributed by atoms with van der Waals surface area (Å²) in [5.74, 6) is 0. The van der Waals surface area contributed by atoms with Gasteiger partial charge in [-0.2, -0.15) is 0 Å². The van der Waals surface area contributed by atoms with Gasteiger partial charge in [0.25, 0.3) is 0 Å². The zero-order chi connectivity index (χ0) is 25.5. The van der Waals surface area contributed by atoms with Crippen LogP contribution >= 0.6 is 0 Å². The lowest BCUT2D eigenvalue weighted by molar-refractivity contribution is 1.00. The van der Waals surface area contributed by atoms with E-state index in [1.807, 2.05) is 18.2 Å². The highest BCUT2D eigenvalue weighted by atomic mass is 15.2. The van der Waals surface area contributed by atoms with Gasteiger partial charge >= 0.3 is 0 Å². The van der Waals surface area contributed by atoms with Crippen molar-refractivity contribution in [2.24, 2.45) is 0 Å². The van der Waals surface area contributed by atoms with Crippen LogP contribution in [0.15, 0.2) is 158 Å². The molecule has 0 saturated carbocycles. The highest BCUT2D eigenvalue weighted by molar-refractivity contribution is 5.93. The number of para-hydroxylation sites is 1. The second kappa shape index (κ2) is 11.4. The molecule has 0 aromatic heterocycles. The maximum Gasteiger partial charge on any atom is 0.0540 e. The third kappa shape index (κ3) is 5.17. The van der Waals surface area contributed by atoms with E-state index in [4.69, 9.17) is 0 Å². The van der Waals surface area contributed by atoms with Crippen LogP contribution in [0.1, 0.15) is 24.0 Å². The molecule has 5 rings (SSSR count). The first-order valence-corrected chi connectivity index (χ1v) is 12.8. The molecule has 0 aliphatic heterocycles. The Morgan fingerprint density at radius 2 is 1.35 bits per heavy atom. The Morgan fingerprint density at radius 1 is 0.676 bits per heavy atom. The van der Waals surface area contributed by atoms with Crippen LogP contribution in [0.4, 0.5) is 11.4 Å². The third-order valence-electron chi connectivity index (χ3n) is 6.64. The Balaban J connectivity index is 1.74. The maximum absolute atomic E-state index is 4.03. The van der Waals surface area contributed by atoms with Crippen LogP contribution in [0, 0.1) is 0 Å². The summed E-state index contributed by atoms with van der Waals surface area (Å²) in [6, 6.07) is 38.7. The minimum Gasteiger partial charge on any atom is -0.310 e. The van der Waals surface area contributed by atoms with E-state index < -0.39 is 0 Å². The van der Waals surface area contributed by atoms with Crippen molar-refractivity contribution in [1.82, 2.24) is 0 Å². The van der Waals surface area contributed by atoms with Gasteiger partial charge in [0, 0.05) is 22.5 Å². The van der Waals surface area contributed by atoms with Crippen LogP contribution in [0.25, 0.3) is 22.3 Å². The molecule has 1 nitrogen and oxygen atoms in total. The summed E-state index contributed by atoms with van der Waals surface area (Å²) in [7, 11) is 0. The molecule has 0 radical (unpaired) electrons. The van der Waals surface area contributed by atoms with E-state index in [-0.39, 0.29) is 0 Å². The SMILES string of the molecule is C=C/C=C(\C=C)c1cccc(N(C2=CCCC=C2c2ccccc2)c2ccccc2-c2ccccc2)c1. The molecule has 37 heavy (non-hydrogen) atoms. The fourth-order valence-corrected chi connectivity index (χ4v) is 4.93. The van der Waals surface area contributed by atoms with Crippen molar-refractivity contribution in [3.05, 3.63) is 170 Å². The number of allylic oxidation sites excluding steroid dienone is 7. The lowest BCUT2D eigenvalue weighted by atomic mass is 9.93. The van der Waals surface area contributed by atoms with E-state index in [2.05, 4.69) is 139 Å². The van der Waals surface area contributed by atoms with Crippen LogP contribution in [0.3, 0.4) is 0 Å². The number of rotatable bonds is 8. The van der Waals surface area contributed by atoms with E-state index in [0.29, 0.717) is 0 Å². The fourth-order valence-electron chi connectivity index (χ4n) is 4.93. The van der Waals surface area contributed by atoms with Crippen LogP contribution in [-0.2, 0) is 0 Å². The molecule has 0 amide bonds. The highest BCUT2D eigenvalue weighted by Crippen LogP contribution is 2.43. The first kappa shape index (κ1) is 24.1. The molecule has 0 spiro atoms. The van der Waals surface area contributed by atoms with Crippen molar-refractivity contribution in [1.29, 1.82) is 0 Å². The Labute approximate surface area is 220 Å². The van der Waals surface area contributed by atoms with Crippen molar-refractivity contribution in [2.75, 3.05) is 4.90 Å². The van der Waals surface area contributed by atoms with Gasteiger partial charge in [-0.05, 0) is 53.3 Å². The first-order valence-electron chi connectivity index (χ1n) is 12.8. The summed E-state index contributed by atoms with van der Waals surface area (Å²) >= 11 is 0. The molecular formula is C36H31N. The lowest BCUT2D eigenvalue weighted by Crippen LogP contribution is -2.20. The molecule has 0 bridgehead atoms. The Bertz CT molecular complexity index is 1490. The van der Waals surface area contributed by atoms with Crippen LogP contribution in [0.2, 0.25) is 0 Å². The van der Waals surface area contributed by atoms with E-state index in [1.54, 1.807) is 0 Å². The predicted octanol–water partition coefficient (Wildman–Crippen LogP) is 10.0. The number of hydrogen-bond donors (Lipinski definition) is 0. The zero-order valence-corrected chi connectivity index (χ0v) is 21.1. The molecule has 4 aromatic rings. The van der Waals surface area contributed by atoms with E-state index in [9.17, 15) is 0 Å². The van der Waals surface area contributed by atoms with Gasteiger partial charge in [-0.1, -0.05) is 135 Å². The summed E-state index contributed by atoms with van der Waals surface area (Å²) < 4.78 is 0. The van der Waals surface area contributed by atoms with Gasteiger partial charge in [-0.3, -0.25) is 0 Å². The lowest BCUT2D eigenvalue weighted by Gasteiger charge is -2.33. The van der Waals surface area contributed by atoms with Crippen LogP contribution in [0.5, 0.6) is 0 Å². The first-order chi connectivity index (χ1) is 18.3. The smallest absolute Gasteiger partial charge is 0.0540 e. The predicted molar refractivity (Wildman–Crippen MR) is 161 cm³/mol. The largest absolute Gasteiger partial charge is 0.310 e. The molecule has 1 aliphatic carbocycles. The average Bonchev–Trinajstić information content (AvgIpc) is 2.98. The second-order valence-electron chi connectivity index (χ2n) is 8.98. The molecule has 0 heterocycles. The normalized spacial score (nSPS) is 13.4. The molecule has 4 aromatic carbocycles. The monoisotopic (exact) mass is 477 g/mol. The van der Waals surface area contributed by atoms with Gasteiger partial charge in [0.1, 0.15) is 0 Å². The number of hydrogen-bond acceptors (Lipinski definition) is 1. The van der Waals surface area contributed by atoms with Crippen LogP contribution in [-0.4, -0.2) is 0 Å². The molecule has 1 aliphatic rings. The Hall–Kier alpha value is -4.62. The number of nitrogens with zero attached hydrogens (tertiary/aromatic N) is 1. The molecular weight excluding hydrogens is 446 g/mol. The number of anilines is 2. The molecule has 0 atom stereocenters. The third-order valence-corrected chi connectivity index (χ3v) is 6.64. The Morgan fingerprint density at radius 3 is 2.08 bits per heavy atom. The summed E-state index contributed by atoms with van der Waals surface area (Å²) in [5, 5.41) is 0. The van der Waals surface area contributed by atoms with E-state index in [0.717, 1.165) is 35.4 Å². The quantitative estimate of drug-likeness (QED) is 0.228. The van der Waals surface area contributed by atoms with Crippen molar-refractivity contribution in [2.45, 2.75) is 12.8 Å². The molecule has 180 valence electrons. The summed E-state index contributed by atoms with van der Waals surface area (Å²) in [6.07, 6.45) is 12.5. The topological polar surface area (TPSA) is 3.24 Å². The zero-order valence-electron chi connectivity index (χ0n) is 21.1. The minimum absolute atomic E-state index is 1.00. The Kier molecular flexibility index (Phi) is 7.43. The molecule has 0 saturated heterocycles. The molecule has 0 N–H and O–H groups in total. The highest BCUT2D eigenvalue weighted by Gasteiger charge is 2.23. The molecule has 0 fully saturated rings. The summed E-state index contributed by atoms with van der Waals surface area (Å²) in [4.78, 5) is 2.42. The van der Waals surface area contributed by atoms with Crippen molar-refractivity contribution < 1.29 is 0 Å². The van der Waals surface area contributed by atoms with Gasteiger partial charge in [-0.25, -0.2) is 0 Å². The summed E-state index contributed by atoms with van der Waals surface area (Å²) in [5.41, 5.74) is 10.5. The van der Waals surface area contributed by atoms with Gasteiger partial charge in [-0.15, -0.1) is 0 Å². The minimum atomic E-state index is 1.00. The van der Waals surface area contributed by atoms with E-state index >= 15 is 0 Å². The maximum atomic E-state index is 4.03. The fraction of sp³-hybridized carbons (Fsp3) is 0.0556. The number of benzene rings is 4. The van der Waals surface area contributed by atoms with Gasteiger partial charge < -0.3 is 4.90 Å². The van der Waals surface area contributed by atoms with Gasteiger partial charge in [0.2, 0.25) is 0 Å². The average molecular weight is 478 g/mol. The van der Waals surface area contributed by atoms with E-state index in [1.165, 1.54) is 28.0 Å². The standard InChI is InChI=1S/C36H31N/c1-3-16-28(4-2)31-21-15-22-32(27-31)37(35-25-13-11-23-33(35)29-17-7-5-8-18-29)36-26-14-12-24-34(36)30-19-9-6-10-20-30/h3-11,13,15-27H,1-2,12,14H2/b28-16+.